The van der Waals surface area contributed by atoms with Gasteiger partial charge in [0.2, 0.25) is 11.8 Å². The molecule has 5 nitrogen and oxygen atoms in total. The predicted molar refractivity (Wildman–Crippen MR) is 82.5 cm³/mol. The fourth-order valence-electron chi connectivity index (χ4n) is 2.95. The zero-order valence-electron chi connectivity index (χ0n) is 12.7. The number of likely N-dealkylation sites (tertiary alicyclic amines) is 1. The van der Waals surface area contributed by atoms with Crippen LogP contribution in [0.4, 0.5) is 5.69 Å². The molecule has 3 rings (SSSR count). The second kappa shape index (κ2) is 5.91. The molecule has 2 atom stereocenters. The van der Waals surface area contributed by atoms with Crippen LogP contribution in [0.15, 0.2) is 24.3 Å². The van der Waals surface area contributed by atoms with Crippen molar-refractivity contribution in [1.82, 2.24) is 4.90 Å². The number of carbonyl (C=O) groups excluding carboxylic acids is 3. The Morgan fingerprint density at radius 1 is 1.05 bits per heavy atom. The average Bonchev–Trinajstić information content (AvgIpc) is 3.12. The van der Waals surface area contributed by atoms with Gasteiger partial charge in [0.05, 0.1) is 11.8 Å². The van der Waals surface area contributed by atoms with Crippen LogP contribution in [0, 0.1) is 11.8 Å². The third kappa shape index (κ3) is 3.03. The molecule has 5 heteroatoms. The zero-order valence-corrected chi connectivity index (χ0v) is 12.7. The Labute approximate surface area is 129 Å². The summed E-state index contributed by atoms with van der Waals surface area (Å²) in [5.74, 6) is -0.329. The lowest BCUT2D eigenvalue weighted by Crippen LogP contribution is -2.30. The van der Waals surface area contributed by atoms with Gasteiger partial charge in [-0.1, -0.05) is 0 Å². The highest BCUT2D eigenvalue weighted by molar-refractivity contribution is 6.00. The van der Waals surface area contributed by atoms with Crippen molar-refractivity contribution in [3.63, 3.8) is 0 Å². The minimum atomic E-state index is -0.208. The number of hydrogen-bond acceptors (Lipinski definition) is 3. The Kier molecular flexibility index (Phi) is 3.96. The summed E-state index contributed by atoms with van der Waals surface area (Å²) in [7, 11) is 0. The molecule has 1 saturated heterocycles. The molecular weight excluding hydrogens is 280 g/mol. The van der Waals surface area contributed by atoms with Gasteiger partial charge in [-0.25, -0.2) is 0 Å². The highest BCUT2D eigenvalue weighted by atomic mass is 16.2. The van der Waals surface area contributed by atoms with E-state index in [1.54, 1.807) is 24.3 Å². The predicted octanol–water partition coefficient (Wildman–Crippen LogP) is 2.09. The minimum Gasteiger partial charge on any atom is -0.342 e. The largest absolute Gasteiger partial charge is 0.342 e. The van der Waals surface area contributed by atoms with Gasteiger partial charge >= 0.3 is 0 Å². The van der Waals surface area contributed by atoms with Crippen molar-refractivity contribution in [2.75, 3.05) is 18.4 Å². The molecule has 1 heterocycles. The summed E-state index contributed by atoms with van der Waals surface area (Å²) in [6.07, 6.45) is 2.78. The van der Waals surface area contributed by atoms with Gasteiger partial charge in [-0.2, -0.15) is 0 Å². The summed E-state index contributed by atoms with van der Waals surface area (Å²) in [4.78, 5) is 37.5. The van der Waals surface area contributed by atoms with Crippen LogP contribution in [-0.4, -0.2) is 35.6 Å². The van der Waals surface area contributed by atoms with Gasteiger partial charge in [0.1, 0.15) is 0 Å². The van der Waals surface area contributed by atoms with Crippen molar-refractivity contribution in [3.05, 3.63) is 29.8 Å². The number of amides is 2. The third-order valence-electron chi connectivity index (χ3n) is 4.42. The van der Waals surface area contributed by atoms with Gasteiger partial charge in [-0.3, -0.25) is 14.4 Å². The average molecular weight is 300 g/mol. The fraction of sp³-hybridized carbons (Fsp3) is 0.471. The lowest BCUT2D eigenvalue weighted by atomic mass is 10.1. The quantitative estimate of drug-likeness (QED) is 0.866. The van der Waals surface area contributed by atoms with Crippen molar-refractivity contribution < 1.29 is 14.4 Å². The summed E-state index contributed by atoms with van der Waals surface area (Å²) >= 11 is 0. The molecule has 1 aromatic rings. The van der Waals surface area contributed by atoms with E-state index in [9.17, 15) is 14.4 Å². The zero-order chi connectivity index (χ0) is 15.7. The minimum absolute atomic E-state index is 0.00339. The maximum Gasteiger partial charge on any atom is 0.228 e. The SMILES string of the molecule is CC(=O)c1ccc(NC(=O)C2CC2C(=O)N2CCCC2)cc1. The monoisotopic (exact) mass is 300 g/mol. The molecule has 0 bridgehead atoms. The van der Waals surface area contributed by atoms with E-state index in [0.717, 1.165) is 25.9 Å². The van der Waals surface area contributed by atoms with Crippen LogP contribution in [-0.2, 0) is 9.59 Å². The number of ketones is 1. The molecule has 2 amide bonds. The van der Waals surface area contributed by atoms with E-state index < -0.39 is 0 Å². The molecule has 1 N–H and O–H groups in total. The van der Waals surface area contributed by atoms with Gasteiger partial charge in [0.15, 0.2) is 5.78 Å². The number of benzene rings is 1. The van der Waals surface area contributed by atoms with Gasteiger partial charge in [0.25, 0.3) is 0 Å². The Morgan fingerprint density at radius 2 is 1.68 bits per heavy atom. The van der Waals surface area contributed by atoms with E-state index in [0.29, 0.717) is 17.7 Å². The number of anilines is 1. The van der Waals surface area contributed by atoms with E-state index in [2.05, 4.69) is 5.32 Å². The van der Waals surface area contributed by atoms with Crippen LogP contribution in [0.2, 0.25) is 0 Å². The Balaban J connectivity index is 1.54. The second-order valence-corrected chi connectivity index (χ2v) is 6.10. The summed E-state index contributed by atoms with van der Waals surface area (Å²) in [6, 6.07) is 6.82. The van der Waals surface area contributed by atoms with Crippen LogP contribution in [0.25, 0.3) is 0 Å². The fourth-order valence-corrected chi connectivity index (χ4v) is 2.95. The molecule has 1 aromatic carbocycles. The first-order valence-electron chi connectivity index (χ1n) is 7.77. The van der Waals surface area contributed by atoms with Gasteiger partial charge in [0, 0.05) is 24.3 Å². The molecule has 1 saturated carbocycles. The third-order valence-corrected chi connectivity index (χ3v) is 4.42. The number of carbonyl (C=O) groups is 3. The summed E-state index contributed by atoms with van der Waals surface area (Å²) in [6.45, 7) is 3.17. The molecule has 0 spiro atoms. The Hall–Kier alpha value is -2.17. The molecule has 2 aliphatic rings. The molecule has 2 unspecified atom stereocenters. The van der Waals surface area contributed by atoms with Crippen LogP contribution in [0.3, 0.4) is 0 Å². The Bertz CT molecular complexity index is 603. The standard InChI is InChI=1S/C17H20N2O3/c1-11(20)12-4-6-13(7-5-12)18-16(21)14-10-15(14)17(22)19-8-2-3-9-19/h4-7,14-15H,2-3,8-10H2,1H3,(H,18,21). The first-order valence-corrected chi connectivity index (χ1v) is 7.77. The van der Waals surface area contributed by atoms with Crippen molar-refractivity contribution >= 4 is 23.3 Å². The molecule has 22 heavy (non-hydrogen) atoms. The first-order chi connectivity index (χ1) is 10.6. The highest BCUT2D eigenvalue weighted by Crippen LogP contribution is 2.41. The van der Waals surface area contributed by atoms with Crippen LogP contribution in [0.5, 0.6) is 0 Å². The molecule has 0 aromatic heterocycles. The molecule has 1 aliphatic heterocycles. The number of nitrogens with one attached hydrogen (secondary N) is 1. The normalized spacial score (nSPS) is 23.2. The van der Waals surface area contributed by atoms with E-state index in [1.807, 2.05) is 4.90 Å². The van der Waals surface area contributed by atoms with Gasteiger partial charge in [-0.05, 0) is 50.5 Å². The maximum absolute atomic E-state index is 12.2. The maximum atomic E-state index is 12.2. The van der Waals surface area contributed by atoms with Crippen molar-refractivity contribution in [3.8, 4) is 0 Å². The smallest absolute Gasteiger partial charge is 0.228 e. The number of rotatable bonds is 4. The van der Waals surface area contributed by atoms with Crippen LogP contribution in [0.1, 0.15) is 36.5 Å². The second-order valence-electron chi connectivity index (χ2n) is 6.10. The molecule has 116 valence electrons. The van der Waals surface area contributed by atoms with Crippen molar-refractivity contribution in [2.45, 2.75) is 26.2 Å². The number of nitrogens with zero attached hydrogens (tertiary/aromatic N) is 1. The summed E-state index contributed by atoms with van der Waals surface area (Å²) in [5.41, 5.74) is 1.28. The molecule has 1 aliphatic carbocycles. The number of hydrogen-bond donors (Lipinski definition) is 1. The lowest BCUT2D eigenvalue weighted by Gasteiger charge is -2.14. The van der Waals surface area contributed by atoms with Crippen LogP contribution < -0.4 is 5.32 Å². The van der Waals surface area contributed by atoms with Gasteiger partial charge < -0.3 is 10.2 Å². The summed E-state index contributed by atoms with van der Waals surface area (Å²) < 4.78 is 0. The van der Waals surface area contributed by atoms with E-state index in [1.165, 1.54) is 6.92 Å². The van der Waals surface area contributed by atoms with E-state index >= 15 is 0 Å². The van der Waals surface area contributed by atoms with Crippen LogP contribution >= 0.6 is 0 Å². The molecule has 0 radical (unpaired) electrons. The van der Waals surface area contributed by atoms with E-state index in [-0.39, 0.29) is 29.4 Å². The van der Waals surface area contributed by atoms with E-state index in [4.69, 9.17) is 0 Å². The summed E-state index contributed by atoms with van der Waals surface area (Å²) in [5, 5.41) is 2.82. The van der Waals surface area contributed by atoms with Gasteiger partial charge in [-0.15, -0.1) is 0 Å². The molecular formula is C17H20N2O3. The van der Waals surface area contributed by atoms with Crippen molar-refractivity contribution in [1.29, 1.82) is 0 Å². The molecule has 2 fully saturated rings. The number of Topliss-reactive ketones (excluding diaryl/α,β-unsaturated/α-hetero) is 1. The lowest BCUT2D eigenvalue weighted by molar-refractivity contribution is -0.133. The highest BCUT2D eigenvalue weighted by Gasteiger charge is 2.49. The Morgan fingerprint density at radius 3 is 2.27 bits per heavy atom. The first kappa shape index (κ1) is 14.8. The van der Waals surface area contributed by atoms with Crippen molar-refractivity contribution in [2.24, 2.45) is 11.8 Å². The topological polar surface area (TPSA) is 66.5 Å².